The van der Waals surface area contributed by atoms with Crippen LogP contribution in [-0.2, 0) is 10.0 Å². The molecule has 0 saturated carbocycles. The van der Waals surface area contributed by atoms with Crippen molar-refractivity contribution in [1.82, 2.24) is 9.36 Å². The van der Waals surface area contributed by atoms with E-state index in [9.17, 15) is 8.42 Å². The molecule has 0 saturated heterocycles. The van der Waals surface area contributed by atoms with E-state index in [1.165, 1.54) is 0 Å². The molecule has 0 aliphatic carbocycles. The van der Waals surface area contributed by atoms with Crippen LogP contribution in [0.5, 0.6) is 0 Å². The van der Waals surface area contributed by atoms with Crippen LogP contribution >= 0.6 is 11.5 Å². The van der Waals surface area contributed by atoms with Gasteiger partial charge in [-0.25, -0.2) is 13.4 Å². The van der Waals surface area contributed by atoms with Gasteiger partial charge in [0.1, 0.15) is 10.7 Å². The second-order valence-electron chi connectivity index (χ2n) is 4.23. The van der Waals surface area contributed by atoms with Gasteiger partial charge in [-0.2, -0.15) is 4.37 Å². The van der Waals surface area contributed by atoms with Gasteiger partial charge in [-0.05, 0) is 44.0 Å². The van der Waals surface area contributed by atoms with E-state index in [0.717, 1.165) is 22.7 Å². The molecule has 1 heterocycles. The Morgan fingerprint density at radius 2 is 1.84 bits per heavy atom. The molecular weight excluding hydrogens is 284 g/mol. The van der Waals surface area contributed by atoms with E-state index in [0.29, 0.717) is 5.82 Å². The monoisotopic (exact) mass is 298 g/mol. The summed E-state index contributed by atoms with van der Waals surface area (Å²) in [6.45, 7) is 5.41. The third-order valence-electron chi connectivity index (χ3n) is 2.66. The molecule has 0 bridgehead atoms. The maximum absolute atomic E-state index is 12.2. The summed E-state index contributed by atoms with van der Waals surface area (Å²) in [5.74, 6) is 0.524. The molecule has 0 unspecified atom stereocenters. The molecule has 0 radical (unpaired) electrons. The van der Waals surface area contributed by atoms with Gasteiger partial charge in [0.25, 0.3) is 10.0 Å². The number of aryl methyl sites for hydroxylation is 3. The first-order valence-corrected chi connectivity index (χ1v) is 7.75. The highest BCUT2D eigenvalue weighted by atomic mass is 32.2. The van der Waals surface area contributed by atoms with Gasteiger partial charge >= 0.3 is 0 Å². The molecule has 6 nitrogen and oxygen atoms in total. The lowest BCUT2D eigenvalue weighted by molar-refractivity contribution is 0.601. The lowest BCUT2D eigenvalue weighted by atomic mass is 10.1. The zero-order valence-electron chi connectivity index (χ0n) is 10.8. The molecular formula is C11H14N4O2S2. The Hall–Kier alpha value is -1.67. The van der Waals surface area contributed by atoms with E-state index in [-0.39, 0.29) is 15.7 Å². The number of nitrogens with zero attached hydrogens (tertiary/aromatic N) is 2. The Morgan fingerprint density at radius 3 is 2.42 bits per heavy atom. The number of hydrogen-bond donors (Lipinski definition) is 2. The molecule has 0 aliphatic rings. The molecule has 102 valence electrons. The van der Waals surface area contributed by atoms with Crippen molar-refractivity contribution in [3.63, 3.8) is 0 Å². The Balaban J connectivity index is 2.42. The molecule has 2 rings (SSSR count). The van der Waals surface area contributed by atoms with Crippen LogP contribution in [0.4, 0.5) is 10.8 Å². The summed E-state index contributed by atoms with van der Waals surface area (Å²) in [6, 6.07) is 3.20. The van der Waals surface area contributed by atoms with Crippen molar-refractivity contribution in [2.45, 2.75) is 25.7 Å². The minimum absolute atomic E-state index is 0.0588. The fraction of sp³-hybridized carbons (Fsp3) is 0.273. The predicted octanol–water partition coefficient (Wildman–Crippen LogP) is 1.85. The van der Waals surface area contributed by atoms with Crippen molar-refractivity contribution < 1.29 is 8.42 Å². The summed E-state index contributed by atoms with van der Waals surface area (Å²) in [7, 11) is -3.74. The van der Waals surface area contributed by atoms with Crippen LogP contribution in [0.25, 0.3) is 0 Å². The second-order valence-corrected chi connectivity index (χ2v) is 6.63. The van der Waals surface area contributed by atoms with E-state index < -0.39 is 10.0 Å². The maximum atomic E-state index is 12.2. The van der Waals surface area contributed by atoms with E-state index in [2.05, 4.69) is 14.1 Å². The molecule has 2 aromatic rings. The summed E-state index contributed by atoms with van der Waals surface area (Å²) >= 11 is 0.992. The first kappa shape index (κ1) is 13.8. The van der Waals surface area contributed by atoms with E-state index in [4.69, 9.17) is 5.73 Å². The van der Waals surface area contributed by atoms with Gasteiger partial charge in [0.2, 0.25) is 5.13 Å². The van der Waals surface area contributed by atoms with Crippen LogP contribution < -0.4 is 10.5 Å². The molecule has 1 aromatic heterocycles. The van der Waals surface area contributed by atoms with Gasteiger partial charge in [0, 0.05) is 11.5 Å². The first-order valence-electron chi connectivity index (χ1n) is 5.49. The molecule has 1 aromatic carbocycles. The molecule has 3 N–H and O–H groups in total. The third kappa shape index (κ3) is 2.85. The van der Waals surface area contributed by atoms with Crippen molar-refractivity contribution in [1.29, 1.82) is 0 Å². The zero-order chi connectivity index (χ0) is 14.2. The van der Waals surface area contributed by atoms with Gasteiger partial charge < -0.3 is 5.73 Å². The maximum Gasteiger partial charge on any atom is 0.265 e. The summed E-state index contributed by atoms with van der Waals surface area (Å²) in [6.07, 6.45) is 0. The fourth-order valence-electron chi connectivity index (χ4n) is 1.55. The summed E-state index contributed by atoms with van der Waals surface area (Å²) in [4.78, 5) is 4.03. The Morgan fingerprint density at radius 1 is 1.21 bits per heavy atom. The fourth-order valence-corrected chi connectivity index (χ4v) is 3.55. The number of nitrogen functional groups attached to an aromatic ring is 1. The van der Waals surface area contributed by atoms with Gasteiger partial charge in [-0.15, -0.1) is 0 Å². The minimum atomic E-state index is -3.74. The SMILES string of the molecule is Cc1nsc(NS(=O)(=O)c2cc(C)c(C)cc2N)n1. The normalized spacial score (nSPS) is 11.5. The quantitative estimate of drug-likeness (QED) is 0.843. The first-order chi connectivity index (χ1) is 8.79. The van der Waals surface area contributed by atoms with Gasteiger partial charge in [0.05, 0.1) is 5.69 Å². The highest BCUT2D eigenvalue weighted by Crippen LogP contribution is 2.25. The summed E-state index contributed by atoms with van der Waals surface area (Å²) in [5.41, 5.74) is 7.81. The average Bonchev–Trinajstić information content (AvgIpc) is 2.68. The number of rotatable bonds is 3. The van der Waals surface area contributed by atoms with E-state index in [1.54, 1.807) is 19.1 Å². The van der Waals surface area contributed by atoms with E-state index >= 15 is 0 Å². The predicted molar refractivity (Wildman–Crippen MR) is 75.8 cm³/mol. The summed E-state index contributed by atoms with van der Waals surface area (Å²) < 4.78 is 30.8. The van der Waals surface area contributed by atoms with Crippen LogP contribution in [0.2, 0.25) is 0 Å². The van der Waals surface area contributed by atoms with E-state index in [1.807, 2.05) is 13.8 Å². The standard InChI is InChI=1S/C11H14N4O2S2/c1-6-4-9(12)10(5-7(6)2)19(16,17)15-11-13-8(3)14-18-11/h4-5H,12H2,1-3H3,(H,13,14,15). The molecule has 0 amide bonds. The van der Waals surface area contributed by atoms with Crippen molar-refractivity contribution in [2.75, 3.05) is 10.5 Å². The Labute approximate surface area is 115 Å². The van der Waals surface area contributed by atoms with Crippen LogP contribution in [0.15, 0.2) is 17.0 Å². The Kier molecular flexibility index (Phi) is 3.46. The smallest absolute Gasteiger partial charge is 0.265 e. The number of nitrogens with one attached hydrogen (secondary N) is 1. The highest BCUT2D eigenvalue weighted by molar-refractivity contribution is 7.93. The number of sulfonamides is 1. The minimum Gasteiger partial charge on any atom is -0.398 e. The molecule has 19 heavy (non-hydrogen) atoms. The van der Waals surface area contributed by atoms with Gasteiger partial charge in [-0.3, -0.25) is 4.72 Å². The van der Waals surface area contributed by atoms with Crippen molar-refractivity contribution >= 4 is 32.4 Å². The molecule has 0 aliphatic heterocycles. The van der Waals surface area contributed by atoms with Crippen molar-refractivity contribution in [3.05, 3.63) is 29.1 Å². The van der Waals surface area contributed by atoms with Crippen molar-refractivity contribution in [3.8, 4) is 0 Å². The Bertz CT molecular complexity index is 722. The largest absolute Gasteiger partial charge is 0.398 e. The molecule has 8 heteroatoms. The number of aromatic nitrogens is 2. The highest BCUT2D eigenvalue weighted by Gasteiger charge is 2.20. The number of nitrogens with two attached hydrogens (primary N) is 1. The average molecular weight is 298 g/mol. The van der Waals surface area contributed by atoms with Crippen LogP contribution in [0.1, 0.15) is 17.0 Å². The lowest BCUT2D eigenvalue weighted by Crippen LogP contribution is -2.15. The van der Waals surface area contributed by atoms with Gasteiger partial charge in [-0.1, -0.05) is 0 Å². The molecule has 0 atom stereocenters. The summed E-state index contributed by atoms with van der Waals surface area (Å²) in [5, 5.41) is 0.232. The van der Waals surface area contributed by atoms with Gasteiger partial charge in [0.15, 0.2) is 0 Å². The number of hydrogen-bond acceptors (Lipinski definition) is 6. The van der Waals surface area contributed by atoms with Crippen LogP contribution in [0.3, 0.4) is 0 Å². The number of anilines is 2. The third-order valence-corrected chi connectivity index (χ3v) is 4.91. The topological polar surface area (TPSA) is 98.0 Å². The van der Waals surface area contributed by atoms with Crippen LogP contribution in [-0.4, -0.2) is 17.8 Å². The molecule has 0 fully saturated rings. The zero-order valence-corrected chi connectivity index (χ0v) is 12.4. The van der Waals surface area contributed by atoms with Crippen molar-refractivity contribution in [2.24, 2.45) is 0 Å². The lowest BCUT2D eigenvalue weighted by Gasteiger charge is -2.10. The molecule has 0 spiro atoms. The number of benzene rings is 1. The second kappa shape index (κ2) is 4.78. The van der Waals surface area contributed by atoms with Crippen LogP contribution in [0, 0.1) is 20.8 Å².